The predicted molar refractivity (Wildman–Crippen MR) is 40.8 cm³/mol. The van der Waals surface area contributed by atoms with Gasteiger partial charge in [0.1, 0.15) is 0 Å². The first-order chi connectivity index (χ1) is 4.45. The Morgan fingerprint density at radius 2 is 2.00 bits per heavy atom. The Morgan fingerprint density at radius 1 is 1.50 bits per heavy atom. The zero-order valence-corrected chi connectivity index (χ0v) is 6.70. The van der Waals surface area contributed by atoms with Crippen molar-refractivity contribution >= 4 is 0 Å². The topological polar surface area (TPSA) is 45.0 Å². The maximum Gasteiger partial charge on any atom is 0.184 e. The second kappa shape index (κ2) is 3.46. The van der Waals surface area contributed by atoms with E-state index < -0.39 is 6.23 Å². The van der Waals surface area contributed by atoms with E-state index in [4.69, 9.17) is 5.11 Å². The molecule has 0 bridgehead atoms. The van der Waals surface area contributed by atoms with Gasteiger partial charge < -0.3 is 5.11 Å². The van der Waals surface area contributed by atoms with Gasteiger partial charge in [-0.15, -0.1) is 0 Å². The van der Waals surface area contributed by atoms with Crippen LogP contribution >= 0.6 is 0 Å². The van der Waals surface area contributed by atoms with E-state index in [1.807, 2.05) is 20.8 Å². The fraction of sp³-hybridized carbons (Fsp3) is 0.714. The Hall–Kier alpha value is -0.700. The van der Waals surface area contributed by atoms with Crippen LogP contribution in [0.5, 0.6) is 0 Å². The van der Waals surface area contributed by atoms with Crippen LogP contribution in [0.15, 0.2) is 22.9 Å². The van der Waals surface area contributed by atoms with Gasteiger partial charge in [-0.2, -0.15) is 10.2 Å². The molecular formula is C7H14N2O. The van der Waals surface area contributed by atoms with E-state index in [2.05, 4.69) is 16.8 Å². The van der Waals surface area contributed by atoms with Gasteiger partial charge in [0.15, 0.2) is 6.23 Å². The van der Waals surface area contributed by atoms with Gasteiger partial charge >= 0.3 is 0 Å². The van der Waals surface area contributed by atoms with Gasteiger partial charge in [-0.1, -0.05) is 6.58 Å². The summed E-state index contributed by atoms with van der Waals surface area (Å²) in [5, 5.41) is 16.3. The summed E-state index contributed by atoms with van der Waals surface area (Å²) in [6.07, 6.45) is 0.467. The van der Waals surface area contributed by atoms with E-state index in [0.29, 0.717) is 0 Å². The summed E-state index contributed by atoms with van der Waals surface area (Å²) in [6, 6.07) is 0. The Balaban J connectivity index is 3.87. The summed E-state index contributed by atoms with van der Waals surface area (Å²) in [5.41, 5.74) is -0.218. The Labute approximate surface area is 61.5 Å². The third kappa shape index (κ3) is 5.44. The van der Waals surface area contributed by atoms with Crippen LogP contribution in [0.1, 0.15) is 20.8 Å². The van der Waals surface area contributed by atoms with Crippen LogP contribution in [0.2, 0.25) is 0 Å². The summed E-state index contributed by atoms with van der Waals surface area (Å²) in [7, 11) is 0. The number of nitrogens with zero attached hydrogens (tertiary/aromatic N) is 2. The van der Waals surface area contributed by atoms with E-state index in [0.717, 1.165) is 0 Å². The summed E-state index contributed by atoms with van der Waals surface area (Å²) in [5.74, 6) is 0. The Kier molecular flexibility index (Phi) is 3.22. The molecule has 1 unspecified atom stereocenters. The van der Waals surface area contributed by atoms with Gasteiger partial charge in [-0.3, -0.25) is 0 Å². The van der Waals surface area contributed by atoms with Crippen LogP contribution in [0.3, 0.4) is 0 Å². The zero-order valence-electron chi connectivity index (χ0n) is 6.70. The minimum atomic E-state index is -0.862. The molecule has 0 rings (SSSR count). The second-order valence-electron chi connectivity index (χ2n) is 3.04. The van der Waals surface area contributed by atoms with Crippen molar-refractivity contribution in [1.82, 2.24) is 0 Å². The predicted octanol–water partition coefficient (Wildman–Crippen LogP) is 1.74. The van der Waals surface area contributed by atoms with E-state index in [1.165, 1.54) is 6.08 Å². The molecule has 0 spiro atoms. The van der Waals surface area contributed by atoms with Crippen molar-refractivity contribution in [3.8, 4) is 0 Å². The number of aliphatic hydroxyl groups is 1. The summed E-state index contributed by atoms with van der Waals surface area (Å²) >= 11 is 0. The van der Waals surface area contributed by atoms with Crippen LogP contribution in [0.25, 0.3) is 0 Å². The van der Waals surface area contributed by atoms with Crippen molar-refractivity contribution in [2.45, 2.75) is 32.5 Å². The first-order valence-corrected chi connectivity index (χ1v) is 3.18. The van der Waals surface area contributed by atoms with Crippen molar-refractivity contribution in [2.24, 2.45) is 10.2 Å². The lowest BCUT2D eigenvalue weighted by atomic mass is 10.1. The highest BCUT2D eigenvalue weighted by atomic mass is 16.3. The van der Waals surface area contributed by atoms with Gasteiger partial charge in [-0.25, -0.2) is 0 Å². The molecular weight excluding hydrogens is 128 g/mol. The van der Waals surface area contributed by atoms with Crippen LogP contribution in [0.4, 0.5) is 0 Å². The molecule has 0 radical (unpaired) electrons. The molecule has 0 aliphatic rings. The molecule has 10 heavy (non-hydrogen) atoms. The normalized spacial score (nSPS) is 15.6. The lowest BCUT2D eigenvalue weighted by Gasteiger charge is -2.09. The monoisotopic (exact) mass is 142 g/mol. The maximum atomic E-state index is 8.84. The van der Waals surface area contributed by atoms with Gasteiger partial charge in [0.25, 0.3) is 0 Å². The molecule has 58 valence electrons. The third-order valence-corrected chi connectivity index (χ3v) is 0.687. The van der Waals surface area contributed by atoms with E-state index in [1.54, 1.807) is 0 Å². The van der Waals surface area contributed by atoms with Crippen LogP contribution < -0.4 is 0 Å². The summed E-state index contributed by atoms with van der Waals surface area (Å²) in [6.45, 7) is 9.08. The van der Waals surface area contributed by atoms with Crippen molar-refractivity contribution in [1.29, 1.82) is 0 Å². The van der Waals surface area contributed by atoms with Gasteiger partial charge in [0.2, 0.25) is 0 Å². The minimum absolute atomic E-state index is 0.218. The third-order valence-electron chi connectivity index (χ3n) is 0.687. The molecule has 1 N–H and O–H groups in total. The number of hydrogen-bond donors (Lipinski definition) is 1. The van der Waals surface area contributed by atoms with Crippen molar-refractivity contribution < 1.29 is 5.11 Å². The summed E-state index contributed by atoms with van der Waals surface area (Å²) < 4.78 is 0. The van der Waals surface area contributed by atoms with Gasteiger partial charge in [0, 0.05) is 0 Å². The molecule has 0 aliphatic heterocycles. The highest BCUT2D eigenvalue weighted by molar-refractivity contribution is 4.76. The minimum Gasteiger partial charge on any atom is -0.367 e. The molecule has 0 saturated carbocycles. The highest BCUT2D eigenvalue weighted by Gasteiger charge is 2.06. The van der Waals surface area contributed by atoms with Crippen LogP contribution in [-0.4, -0.2) is 16.9 Å². The lowest BCUT2D eigenvalue weighted by molar-refractivity contribution is 0.219. The fourth-order valence-corrected chi connectivity index (χ4v) is 0.279. The highest BCUT2D eigenvalue weighted by Crippen LogP contribution is 2.07. The number of azo groups is 1. The molecule has 0 aromatic carbocycles. The lowest BCUT2D eigenvalue weighted by Crippen LogP contribution is -2.09. The molecule has 0 heterocycles. The van der Waals surface area contributed by atoms with Gasteiger partial charge in [-0.05, 0) is 26.8 Å². The molecule has 3 nitrogen and oxygen atoms in total. The molecule has 0 fully saturated rings. The number of hydrogen-bond acceptors (Lipinski definition) is 3. The van der Waals surface area contributed by atoms with E-state index >= 15 is 0 Å². The van der Waals surface area contributed by atoms with Crippen molar-refractivity contribution in [3.63, 3.8) is 0 Å². The van der Waals surface area contributed by atoms with E-state index in [-0.39, 0.29) is 5.54 Å². The van der Waals surface area contributed by atoms with Crippen LogP contribution in [-0.2, 0) is 0 Å². The van der Waals surface area contributed by atoms with E-state index in [9.17, 15) is 0 Å². The maximum absolute atomic E-state index is 8.84. The second-order valence-corrected chi connectivity index (χ2v) is 3.04. The molecule has 0 aromatic heterocycles. The average molecular weight is 142 g/mol. The average Bonchev–Trinajstić information content (AvgIpc) is 1.81. The Bertz CT molecular complexity index is 135. The fourth-order valence-electron chi connectivity index (χ4n) is 0.279. The molecule has 0 aliphatic carbocycles. The van der Waals surface area contributed by atoms with Crippen LogP contribution in [0, 0.1) is 0 Å². The Morgan fingerprint density at radius 3 is 2.30 bits per heavy atom. The first-order valence-electron chi connectivity index (χ1n) is 3.18. The largest absolute Gasteiger partial charge is 0.367 e. The number of aliphatic hydroxyl groups excluding tert-OH is 1. The molecule has 0 saturated heterocycles. The standard InChI is InChI=1S/C7H14N2O/c1-5-6(10)8-9-7(2,3)4/h5-6,10H,1H2,2-4H3. The molecule has 0 amide bonds. The molecule has 0 aromatic rings. The number of rotatable bonds is 2. The molecule has 3 heteroatoms. The van der Waals surface area contributed by atoms with Crippen molar-refractivity contribution in [2.75, 3.05) is 0 Å². The van der Waals surface area contributed by atoms with Crippen molar-refractivity contribution in [3.05, 3.63) is 12.7 Å². The van der Waals surface area contributed by atoms with Gasteiger partial charge in [0.05, 0.1) is 5.54 Å². The smallest absolute Gasteiger partial charge is 0.184 e. The quantitative estimate of drug-likeness (QED) is 0.463. The molecule has 1 atom stereocenters. The summed E-state index contributed by atoms with van der Waals surface area (Å²) in [4.78, 5) is 0. The zero-order chi connectivity index (χ0) is 8.20. The SMILES string of the molecule is C=CC(O)N=NC(C)(C)C. The first kappa shape index (κ1) is 9.30.